The Morgan fingerprint density at radius 2 is 1.60 bits per heavy atom. The molecule has 0 saturated heterocycles. The van der Waals surface area contributed by atoms with E-state index >= 15 is 0 Å². The van der Waals surface area contributed by atoms with E-state index in [1.54, 1.807) is 30.3 Å². The van der Waals surface area contributed by atoms with E-state index in [2.05, 4.69) is 6.92 Å². The second-order valence-corrected chi connectivity index (χ2v) is 5.94. The molecule has 2 aromatic carbocycles. The molecule has 0 N–H and O–H groups in total. The molecule has 0 fully saturated rings. The number of benzene rings is 2. The smallest absolute Gasteiger partial charge is 0.289 e. The van der Waals surface area contributed by atoms with E-state index in [0.717, 1.165) is 31.4 Å². The van der Waals surface area contributed by atoms with Crippen LogP contribution in [-0.2, 0) is 6.18 Å². The zero-order valence-corrected chi connectivity index (χ0v) is 14.1. The number of carbonyl (C=O) groups excluding carboxylic acids is 1. The average molecular weight is 346 g/mol. The first-order valence-electron chi connectivity index (χ1n) is 8.39. The lowest BCUT2D eigenvalue weighted by atomic mass is 9.96. The maximum atomic E-state index is 12.7. The Morgan fingerprint density at radius 1 is 0.960 bits per heavy atom. The molecule has 0 bridgehead atoms. The summed E-state index contributed by atoms with van der Waals surface area (Å²) in [5.41, 5.74) is 1.13. The summed E-state index contributed by atoms with van der Waals surface area (Å²) < 4.78 is 38.0. The van der Waals surface area contributed by atoms with Crippen molar-refractivity contribution in [2.75, 3.05) is 0 Å². The second-order valence-electron chi connectivity index (χ2n) is 5.94. The number of allylic oxidation sites excluding steroid dienone is 1. The highest BCUT2D eigenvalue weighted by Gasteiger charge is 2.29. The van der Waals surface area contributed by atoms with E-state index in [1.165, 1.54) is 12.1 Å². The molecule has 0 aliphatic rings. The summed E-state index contributed by atoms with van der Waals surface area (Å²) in [4.78, 5) is 12.7. The van der Waals surface area contributed by atoms with Crippen LogP contribution in [0, 0.1) is 0 Å². The minimum Gasteiger partial charge on any atom is -0.289 e. The highest BCUT2D eigenvalue weighted by molar-refractivity contribution is 6.11. The van der Waals surface area contributed by atoms with Crippen LogP contribution in [-0.4, -0.2) is 5.78 Å². The molecule has 0 unspecified atom stereocenters. The standard InChI is InChI=1S/C21H21F3O/c1-2-3-5-10-18(20(25)17-8-6-4-7-9-17)15-16-11-13-19(14-12-16)21(22,23)24/h4,6-9,11-15H,2-3,5,10H2,1H3. The summed E-state index contributed by atoms with van der Waals surface area (Å²) in [6, 6.07) is 13.8. The summed E-state index contributed by atoms with van der Waals surface area (Å²) in [6.45, 7) is 2.08. The molecule has 0 radical (unpaired) electrons. The van der Waals surface area contributed by atoms with Crippen LogP contribution in [0.15, 0.2) is 60.2 Å². The van der Waals surface area contributed by atoms with Gasteiger partial charge < -0.3 is 0 Å². The molecule has 1 nitrogen and oxygen atoms in total. The molecule has 25 heavy (non-hydrogen) atoms. The summed E-state index contributed by atoms with van der Waals surface area (Å²) >= 11 is 0. The summed E-state index contributed by atoms with van der Waals surface area (Å²) in [5.74, 6) is -0.0726. The molecule has 0 saturated carbocycles. The number of hydrogen-bond acceptors (Lipinski definition) is 1. The van der Waals surface area contributed by atoms with Gasteiger partial charge in [0.2, 0.25) is 0 Å². The monoisotopic (exact) mass is 346 g/mol. The van der Waals surface area contributed by atoms with Crippen LogP contribution < -0.4 is 0 Å². The molecular weight excluding hydrogens is 325 g/mol. The zero-order chi connectivity index (χ0) is 18.3. The Bertz CT molecular complexity index is 713. The predicted molar refractivity (Wildman–Crippen MR) is 94.3 cm³/mol. The Labute approximate surface area is 146 Å². The number of unbranched alkanes of at least 4 members (excludes halogenated alkanes) is 2. The Hall–Kier alpha value is -2.36. The van der Waals surface area contributed by atoms with Crippen LogP contribution in [0.1, 0.15) is 54.1 Å². The topological polar surface area (TPSA) is 17.1 Å². The quantitative estimate of drug-likeness (QED) is 0.315. The molecular formula is C21H21F3O. The number of Topliss-reactive ketones (excluding diaryl/α,β-unsaturated/α-hetero) is 1. The highest BCUT2D eigenvalue weighted by Crippen LogP contribution is 2.29. The first-order chi connectivity index (χ1) is 11.9. The first kappa shape index (κ1) is 19.0. The number of halogens is 3. The van der Waals surface area contributed by atoms with Gasteiger partial charge in [-0.2, -0.15) is 13.2 Å². The third kappa shape index (κ3) is 5.59. The largest absolute Gasteiger partial charge is 0.416 e. The van der Waals surface area contributed by atoms with Crippen molar-refractivity contribution in [1.82, 2.24) is 0 Å². The van der Waals surface area contributed by atoms with Gasteiger partial charge in [0.25, 0.3) is 0 Å². The fourth-order valence-corrected chi connectivity index (χ4v) is 2.56. The maximum absolute atomic E-state index is 12.7. The average Bonchev–Trinajstić information content (AvgIpc) is 2.61. The molecule has 0 aliphatic carbocycles. The zero-order valence-electron chi connectivity index (χ0n) is 14.1. The van der Waals surface area contributed by atoms with Crippen LogP contribution in [0.25, 0.3) is 6.08 Å². The number of hydrogen-bond donors (Lipinski definition) is 0. The molecule has 0 spiro atoms. The molecule has 2 aromatic rings. The van der Waals surface area contributed by atoms with Crippen LogP contribution in [0.5, 0.6) is 0 Å². The third-order valence-electron chi connectivity index (χ3n) is 3.96. The van der Waals surface area contributed by atoms with Gasteiger partial charge in [-0.05, 0) is 36.6 Å². The van der Waals surface area contributed by atoms with Crippen molar-refractivity contribution >= 4 is 11.9 Å². The van der Waals surface area contributed by atoms with Gasteiger partial charge in [0.05, 0.1) is 5.56 Å². The molecule has 0 heterocycles. The maximum Gasteiger partial charge on any atom is 0.416 e. The summed E-state index contributed by atoms with van der Waals surface area (Å²) in [5, 5.41) is 0. The van der Waals surface area contributed by atoms with Gasteiger partial charge in [-0.25, -0.2) is 0 Å². The summed E-state index contributed by atoms with van der Waals surface area (Å²) in [6.07, 6.45) is 0.876. The van der Waals surface area contributed by atoms with Gasteiger partial charge in [-0.15, -0.1) is 0 Å². The van der Waals surface area contributed by atoms with Crippen molar-refractivity contribution in [3.05, 3.63) is 76.9 Å². The Morgan fingerprint density at radius 3 is 2.16 bits per heavy atom. The fourth-order valence-electron chi connectivity index (χ4n) is 2.56. The fraction of sp³-hybridized carbons (Fsp3) is 0.286. The van der Waals surface area contributed by atoms with Crippen molar-refractivity contribution in [2.24, 2.45) is 0 Å². The van der Waals surface area contributed by atoms with Crippen LogP contribution in [0.3, 0.4) is 0 Å². The van der Waals surface area contributed by atoms with Crippen LogP contribution >= 0.6 is 0 Å². The van der Waals surface area contributed by atoms with E-state index in [9.17, 15) is 18.0 Å². The highest BCUT2D eigenvalue weighted by atomic mass is 19.4. The first-order valence-corrected chi connectivity index (χ1v) is 8.39. The van der Waals surface area contributed by atoms with Crippen molar-refractivity contribution in [3.8, 4) is 0 Å². The Balaban J connectivity index is 2.28. The van der Waals surface area contributed by atoms with Gasteiger partial charge in [0.15, 0.2) is 5.78 Å². The van der Waals surface area contributed by atoms with E-state index < -0.39 is 11.7 Å². The normalized spacial score (nSPS) is 12.2. The van der Waals surface area contributed by atoms with Gasteiger partial charge in [-0.1, -0.05) is 62.2 Å². The van der Waals surface area contributed by atoms with Gasteiger partial charge in [-0.3, -0.25) is 4.79 Å². The molecule has 0 atom stereocenters. The Kier molecular flexibility index (Phi) is 6.57. The van der Waals surface area contributed by atoms with Crippen molar-refractivity contribution in [1.29, 1.82) is 0 Å². The molecule has 0 aliphatic heterocycles. The lowest BCUT2D eigenvalue weighted by Gasteiger charge is -2.09. The van der Waals surface area contributed by atoms with Crippen molar-refractivity contribution < 1.29 is 18.0 Å². The van der Waals surface area contributed by atoms with Gasteiger partial charge in [0, 0.05) is 11.1 Å². The van der Waals surface area contributed by atoms with Crippen molar-refractivity contribution in [2.45, 2.75) is 38.8 Å². The lowest BCUT2D eigenvalue weighted by molar-refractivity contribution is -0.137. The minimum absolute atomic E-state index is 0.0726. The molecule has 4 heteroatoms. The number of ketones is 1. The summed E-state index contributed by atoms with van der Waals surface area (Å²) in [7, 11) is 0. The molecule has 2 rings (SSSR count). The second kappa shape index (κ2) is 8.65. The van der Waals surface area contributed by atoms with E-state index in [1.807, 2.05) is 6.07 Å². The van der Waals surface area contributed by atoms with Gasteiger partial charge >= 0.3 is 6.18 Å². The van der Waals surface area contributed by atoms with E-state index in [-0.39, 0.29) is 5.78 Å². The number of rotatable bonds is 7. The van der Waals surface area contributed by atoms with E-state index in [4.69, 9.17) is 0 Å². The van der Waals surface area contributed by atoms with Crippen LogP contribution in [0.2, 0.25) is 0 Å². The minimum atomic E-state index is -4.36. The lowest BCUT2D eigenvalue weighted by Crippen LogP contribution is -2.05. The number of alkyl halides is 3. The molecule has 0 amide bonds. The molecule has 0 aromatic heterocycles. The number of carbonyl (C=O) groups is 1. The SMILES string of the molecule is CCCCCC(=Cc1ccc(C(F)(F)F)cc1)C(=O)c1ccccc1. The predicted octanol–water partition coefficient (Wildman–Crippen LogP) is 6.55. The third-order valence-corrected chi connectivity index (χ3v) is 3.96. The van der Waals surface area contributed by atoms with Crippen molar-refractivity contribution in [3.63, 3.8) is 0 Å². The van der Waals surface area contributed by atoms with Gasteiger partial charge in [0.1, 0.15) is 0 Å². The van der Waals surface area contributed by atoms with E-state index in [0.29, 0.717) is 23.1 Å². The molecule has 132 valence electrons. The van der Waals surface area contributed by atoms with Crippen LogP contribution in [0.4, 0.5) is 13.2 Å².